The van der Waals surface area contributed by atoms with E-state index in [0.29, 0.717) is 0 Å². The lowest BCUT2D eigenvalue weighted by Gasteiger charge is -2.23. The summed E-state index contributed by atoms with van der Waals surface area (Å²) in [6, 6.07) is 12.2. The van der Waals surface area contributed by atoms with Crippen molar-refractivity contribution < 1.29 is 0 Å². The second-order valence-electron chi connectivity index (χ2n) is 5.78. The van der Waals surface area contributed by atoms with Gasteiger partial charge in [0.2, 0.25) is 0 Å². The van der Waals surface area contributed by atoms with Crippen molar-refractivity contribution in [3.05, 3.63) is 52.5 Å². The highest BCUT2D eigenvalue weighted by atomic mass is 35.5. The number of benzene rings is 2. The fourth-order valence-corrected chi connectivity index (χ4v) is 2.46. The van der Waals surface area contributed by atoms with Crippen molar-refractivity contribution in [3.8, 4) is 0 Å². The van der Waals surface area contributed by atoms with Crippen LogP contribution in [0.3, 0.4) is 0 Å². The van der Waals surface area contributed by atoms with E-state index < -0.39 is 0 Å². The number of aliphatic imine (C=N–C) groups is 1. The minimum absolute atomic E-state index is 0. The van der Waals surface area contributed by atoms with E-state index in [1.54, 1.807) is 0 Å². The van der Waals surface area contributed by atoms with Gasteiger partial charge in [-0.1, -0.05) is 11.6 Å². The summed E-state index contributed by atoms with van der Waals surface area (Å²) in [7, 11) is 4.09. The monoisotopic (exact) mass is 365 g/mol. The zero-order valence-electron chi connectivity index (χ0n) is 14.9. The van der Waals surface area contributed by atoms with Gasteiger partial charge in [-0.3, -0.25) is 0 Å². The molecule has 0 atom stereocenters. The maximum Gasteiger partial charge on any atom is 0.0909 e. The van der Waals surface area contributed by atoms with Gasteiger partial charge in [-0.05, 0) is 68.3 Å². The smallest absolute Gasteiger partial charge is 0.0909 e. The van der Waals surface area contributed by atoms with E-state index in [1.165, 1.54) is 11.3 Å². The average molecular weight is 366 g/mol. The first-order chi connectivity index (χ1) is 10.9. The molecule has 0 aromatic heterocycles. The summed E-state index contributed by atoms with van der Waals surface area (Å²) in [4.78, 5) is 8.82. The van der Waals surface area contributed by atoms with E-state index in [9.17, 15) is 0 Å². The topological polar surface area (TPSA) is 18.8 Å². The molecule has 0 aliphatic heterocycles. The fraction of sp³-hybridized carbons (Fsp3) is 0.316. The number of aryl methyl sites for hydroxylation is 2. The largest absolute Gasteiger partial charge is 0.366 e. The molecule has 0 saturated heterocycles. The van der Waals surface area contributed by atoms with Crippen LogP contribution in [-0.4, -0.2) is 31.9 Å². The first-order valence-electron chi connectivity index (χ1n) is 7.77. The lowest BCUT2D eigenvalue weighted by Crippen LogP contribution is -2.14. The van der Waals surface area contributed by atoms with E-state index in [0.717, 1.165) is 28.5 Å². The van der Waals surface area contributed by atoms with Gasteiger partial charge in [0.1, 0.15) is 0 Å². The minimum atomic E-state index is 0. The molecule has 2 aromatic rings. The molecule has 0 spiro atoms. The Balaban J connectivity index is 0.00000288. The Morgan fingerprint density at radius 1 is 1.04 bits per heavy atom. The standard InChI is InChI=1S/C19H24ClN3.ClH/c1-6-22(4)13-21-18-11-15(3)19(12-14(18)2)23(5)17-9-7-16(20)8-10-17;/h7-13H,6H2,1-5H3;1H/b21-13-;. The maximum absolute atomic E-state index is 5.97. The molecule has 0 fully saturated rings. The molecule has 130 valence electrons. The number of anilines is 2. The summed E-state index contributed by atoms with van der Waals surface area (Å²) < 4.78 is 0. The van der Waals surface area contributed by atoms with Crippen molar-refractivity contribution in [2.24, 2.45) is 4.99 Å². The van der Waals surface area contributed by atoms with Gasteiger partial charge in [0, 0.05) is 37.0 Å². The molecule has 0 amide bonds. The molecule has 2 rings (SSSR count). The highest BCUT2D eigenvalue weighted by molar-refractivity contribution is 6.30. The molecule has 5 heteroatoms. The van der Waals surface area contributed by atoms with E-state index in [2.05, 4.69) is 54.7 Å². The van der Waals surface area contributed by atoms with E-state index in [1.807, 2.05) is 37.7 Å². The van der Waals surface area contributed by atoms with Gasteiger partial charge in [-0.15, -0.1) is 12.4 Å². The molecule has 0 aliphatic rings. The maximum atomic E-state index is 5.97. The molecule has 3 nitrogen and oxygen atoms in total. The van der Waals surface area contributed by atoms with Gasteiger partial charge in [0.15, 0.2) is 0 Å². The van der Waals surface area contributed by atoms with E-state index >= 15 is 0 Å². The van der Waals surface area contributed by atoms with Crippen LogP contribution in [0.15, 0.2) is 41.4 Å². The zero-order valence-corrected chi connectivity index (χ0v) is 16.4. The van der Waals surface area contributed by atoms with Crippen LogP contribution in [-0.2, 0) is 0 Å². The van der Waals surface area contributed by atoms with Crippen molar-refractivity contribution in [1.29, 1.82) is 0 Å². The second-order valence-corrected chi connectivity index (χ2v) is 6.21. The Kier molecular flexibility index (Phi) is 7.59. The molecule has 0 unspecified atom stereocenters. The summed E-state index contributed by atoms with van der Waals surface area (Å²) in [5, 5.41) is 0.750. The van der Waals surface area contributed by atoms with Gasteiger partial charge in [0.25, 0.3) is 0 Å². The predicted octanol–water partition coefficient (Wildman–Crippen LogP) is 5.76. The third-order valence-electron chi connectivity index (χ3n) is 3.98. The normalized spacial score (nSPS) is 10.6. The second kappa shape index (κ2) is 8.95. The van der Waals surface area contributed by atoms with Gasteiger partial charge >= 0.3 is 0 Å². The summed E-state index contributed by atoms with van der Waals surface area (Å²) in [6.07, 6.45) is 1.88. The van der Waals surface area contributed by atoms with Crippen molar-refractivity contribution in [1.82, 2.24) is 4.90 Å². The summed E-state index contributed by atoms with van der Waals surface area (Å²) in [5.41, 5.74) is 5.65. The Bertz CT molecular complexity index is 697. The first kappa shape index (κ1) is 20.3. The molecule has 0 bridgehead atoms. The van der Waals surface area contributed by atoms with E-state index in [-0.39, 0.29) is 12.4 Å². The molecule has 0 saturated carbocycles. The van der Waals surface area contributed by atoms with E-state index in [4.69, 9.17) is 11.6 Å². The third kappa shape index (κ3) is 4.89. The summed E-state index contributed by atoms with van der Waals surface area (Å²) >= 11 is 5.97. The zero-order chi connectivity index (χ0) is 17.0. The minimum Gasteiger partial charge on any atom is -0.366 e. The van der Waals surface area contributed by atoms with Crippen LogP contribution >= 0.6 is 24.0 Å². The number of hydrogen-bond acceptors (Lipinski definition) is 2. The van der Waals surface area contributed by atoms with Crippen LogP contribution in [0, 0.1) is 13.8 Å². The Labute approximate surface area is 156 Å². The van der Waals surface area contributed by atoms with Crippen LogP contribution in [0.5, 0.6) is 0 Å². The molecule has 24 heavy (non-hydrogen) atoms. The highest BCUT2D eigenvalue weighted by Crippen LogP contribution is 2.32. The lowest BCUT2D eigenvalue weighted by atomic mass is 10.1. The molecule has 0 aliphatic carbocycles. The molecule has 0 heterocycles. The molecular weight excluding hydrogens is 341 g/mol. The number of rotatable bonds is 5. The summed E-state index contributed by atoms with van der Waals surface area (Å²) in [5.74, 6) is 0. The molecule has 0 N–H and O–H groups in total. The van der Waals surface area contributed by atoms with Crippen molar-refractivity contribution in [3.63, 3.8) is 0 Å². The molecule has 0 radical (unpaired) electrons. The van der Waals surface area contributed by atoms with Crippen LogP contribution in [0.25, 0.3) is 0 Å². The third-order valence-corrected chi connectivity index (χ3v) is 4.23. The van der Waals surface area contributed by atoms with Crippen molar-refractivity contribution >= 4 is 47.4 Å². The van der Waals surface area contributed by atoms with Crippen LogP contribution in [0.1, 0.15) is 18.1 Å². The highest BCUT2D eigenvalue weighted by Gasteiger charge is 2.10. The lowest BCUT2D eigenvalue weighted by molar-refractivity contribution is 0.552. The predicted molar refractivity (Wildman–Crippen MR) is 109 cm³/mol. The Hall–Kier alpha value is -1.71. The van der Waals surface area contributed by atoms with Crippen LogP contribution in [0.2, 0.25) is 5.02 Å². The van der Waals surface area contributed by atoms with Gasteiger partial charge in [-0.25, -0.2) is 4.99 Å². The Morgan fingerprint density at radius 3 is 2.25 bits per heavy atom. The molecular formula is C19H25Cl2N3. The van der Waals surface area contributed by atoms with Crippen molar-refractivity contribution in [2.45, 2.75) is 20.8 Å². The van der Waals surface area contributed by atoms with Gasteiger partial charge in [-0.2, -0.15) is 0 Å². The first-order valence-corrected chi connectivity index (χ1v) is 8.15. The van der Waals surface area contributed by atoms with Crippen LogP contribution in [0.4, 0.5) is 17.1 Å². The quantitative estimate of drug-likeness (QED) is 0.495. The average Bonchev–Trinajstić information content (AvgIpc) is 2.55. The van der Waals surface area contributed by atoms with Gasteiger partial charge in [0.05, 0.1) is 12.0 Å². The van der Waals surface area contributed by atoms with Crippen LogP contribution < -0.4 is 4.90 Å². The molecule has 2 aromatic carbocycles. The summed E-state index contributed by atoms with van der Waals surface area (Å²) in [6.45, 7) is 7.26. The SMILES string of the molecule is CCN(C)/C=N\c1cc(C)c(N(C)c2ccc(Cl)cc2)cc1C.Cl. The Morgan fingerprint density at radius 2 is 1.67 bits per heavy atom. The number of nitrogens with zero attached hydrogens (tertiary/aromatic N) is 3. The van der Waals surface area contributed by atoms with Crippen molar-refractivity contribution in [2.75, 3.05) is 25.5 Å². The fourth-order valence-electron chi connectivity index (χ4n) is 2.33. The van der Waals surface area contributed by atoms with Gasteiger partial charge < -0.3 is 9.80 Å². The number of hydrogen-bond donors (Lipinski definition) is 0. The number of halogens is 2.